The van der Waals surface area contributed by atoms with Crippen LogP contribution in [0.5, 0.6) is 0 Å². The van der Waals surface area contributed by atoms with Crippen molar-refractivity contribution in [3.8, 4) is 0 Å². The third-order valence-corrected chi connectivity index (χ3v) is 2.78. The molecule has 16 heavy (non-hydrogen) atoms. The smallest absolute Gasteiger partial charge is 0.138 e. The molecule has 0 saturated carbocycles. The van der Waals surface area contributed by atoms with Gasteiger partial charge < -0.3 is 10.1 Å². The molecule has 0 spiro atoms. The molecular formula is C11H22N4O. The minimum absolute atomic E-state index is 0.424. The highest BCUT2D eigenvalue weighted by Crippen LogP contribution is 2.09. The van der Waals surface area contributed by atoms with Crippen LogP contribution in [0.4, 0.5) is 0 Å². The summed E-state index contributed by atoms with van der Waals surface area (Å²) >= 11 is 0. The van der Waals surface area contributed by atoms with Crippen LogP contribution in [-0.2, 0) is 18.2 Å². The molecule has 0 aliphatic heterocycles. The van der Waals surface area contributed by atoms with Gasteiger partial charge in [0.25, 0.3) is 0 Å². The molecule has 1 N–H and O–H groups in total. The quantitative estimate of drug-likeness (QED) is 0.740. The largest absolute Gasteiger partial charge is 0.384 e. The predicted octanol–water partition coefficient (Wildman–Crippen LogP) is 0.618. The highest BCUT2D eigenvalue weighted by molar-refractivity contribution is 4.89. The Balaban J connectivity index is 2.46. The van der Waals surface area contributed by atoms with Crippen molar-refractivity contribution in [2.45, 2.75) is 25.8 Å². The number of rotatable bonds is 7. The van der Waals surface area contributed by atoms with Gasteiger partial charge in [0.2, 0.25) is 0 Å². The molecule has 0 bridgehead atoms. The Morgan fingerprint density at radius 2 is 2.31 bits per heavy atom. The van der Waals surface area contributed by atoms with E-state index in [0.717, 1.165) is 25.3 Å². The second-order valence-corrected chi connectivity index (χ2v) is 4.29. The number of nitrogens with one attached hydrogen (secondary N) is 1. The van der Waals surface area contributed by atoms with Gasteiger partial charge >= 0.3 is 0 Å². The fourth-order valence-corrected chi connectivity index (χ4v) is 1.87. The highest BCUT2D eigenvalue weighted by atomic mass is 16.5. The molecule has 1 aromatic rings. The second kappa shape index (κ2) is 6.60. The molecule has 2 unspecified atom stereocenters. The Hall–Kier alpha value is -0.940. The summed E-state index contributed by atoms with van der Waals surface area (Å²) < 4.78 is 6.97. The van der Waals surface area contributed by atoms with E-state index in [-0.39, 0.29) is 0 Å². The minimum atomic E-state index is 0.424. The molecule has 0 saturated heterocycles. The van der Waals surface area contributed by atoms with E-state index in [9.17, 15) is 0 Å². The molecule has 2 atom stereocenters. The number of methoxy groups -OCH3 is 1. The van der Waals surface area contributed by atoms with Crippen molar-refractivity contribution in [2.75, 3.05) is 20.8 Å². The van der Waals surface area contributed by atoms with E-state index in [2.05, 4.69) is 22.3 Å². The normalized spacial score (nSPS) is 15.0. The monoisotopic (exact) mass is 226 g/mol. The average Bonchev–Trinajstić information content (AvgIpc) is 2.64. The Morgan fingerprint density at radius 3 is 2.81 bits per heavy atom. The lowest BCUT2D eigenvalue weighted by molar-refractivity contribution is 0.149. The third-order valence-electron chi connectivity index (χ3n) is 2.78. The van der Waals surface area contributed by atoms with Crippen LogP contribution in [0.3, 0.4) is 0 Å². The van der Waals surface area contributed by atoms with E-state index >= 15 is 0 Å². The van der Waals surface area contributed by atoms with Crippen LogP contribution in [0.2, 0.25) is 0 Å². The first-order chi connectivity index (χ1) is 7.67. The molecule has 1 rings (SSSR count). The van der Waals surface area contributed by atoms with Gasteiger partial charge in [0, 0.05) is 33.2 Å². The fraction of sp³-hybridized carbons (Fsp3) is 0.818. The van der Waals surface area contributed by atoms with Crippen molar-refractivity contribution in [3.05, 3.63) is 12.2 Å². The molecule has 92 valence electrons. The van der Waals surface area contributed by atoms with Gasteiger partial charge in [-0.3, -0.25) is 4.68 Å². The molecule has 1 aromatic heterocycles. The van der Waals surface area contributed by atoms with Crippen molar-refractivity contribution in [3.63, 3.8) is 0 Å². The lowest BCUT2D eigenvalue weighted by Gasteiger charge is -2.19. The first-order valence-electron chi connectivity index (χ1n) is 5.66. The number of ether oxygens (including phenoxy) is 1. The first kappa shape index (κ1) is 13.1. The van der Waals surface area contributed by atoms with Crippen LogP contribution in [-0.4, -0.2) is 41.6 Å². The lowest BCUT2D eigenvalue weighted by Crippen LogP contribution is -2.31. The van der Waals surface area contributed by atoms with E-state index in [1.165, 1.54) is 0 Å². The number of aryl methyl sites for hydroxylation is 1. The topological polar surface area (TPSA) is 52.0 Å². The van der Waals surface area contributed by atoms with Gasteiger partial charge in [-0.05, 0) is 19.4 Å². The zero-order chi connectivity index (χ0) is 12.0. The molecular weight excluding hydrogens is 204 g/mol. The molecule has 1 heterocycles. The van der Waals surface area contributed by atoms with E-state index < -0.39 is 0 Å². The van der Waals surface area contributed by atoms with E-state index in [1.54, 1.807) is 13.4 Å². The summed E-state index contributed by atoms with van der Waals surface area (Å²) in [6.45, 7) is 3.00. The average molecular weight is 226 g/mol. The molecule has 0 aliphatic rings. The second-order valence-electron chi connectivity index (χ2n) is 4.29. The van der Waals surface area contributed by atoms with Crippen LogP contribution >= 0.6 is 0 Å². The van der Waals surface area contributed by atoms with Crippen molar-refractivity contribution in [1.29, 1.82) is 0 Å². The molecule has 0 aliphatic carbocycles. The van der Waals surface area contributed by atoms with Crippen LogP contribution in [0.1, 0.15) is 19.2 Å². The van der Waals surface area contributed by atoms with E-state index in [1.807, 2.05) is 18.8 Å². The summed E-state index contributed by atoms with van der Waals surface area (Å²) in [7, 11) is 5.65. The van der Waals surface area contributed by atoms with Gasteiger partial charge in [0.1, 0.15) is 12.2 Å². The zero-order valence-electron chi connectivity index (χ0n) is 10.6. The summed E-state index contributed by atoms with van der Waals surface area (Å²) in [5.41, 5.74) is 0. The Labute approximate surface area is 97.2 Å². The maximum absolute atomic E-state index is 5.15. The van der Waals surface area contributed by atoms with Gasteiger partial charge in [0.05, 0.1) is 0 Å². The van der Waals surface area contributed by atoms with Crippen LogP contribution in [0, 0.1) is 5.92 Å². The highest BCUT2D eigenvalue weighted by Gasteiger charge is 2.14. The van der Waals surface area contributed by atoms with Crippen LogP contribution in [0.25, 0.3) is 0 Å². The lowest BCUT2D eigenvalue weighted by atomic mass is 10.00. The van der Waals surface area contributed by atoms with Gasteiger partial charge in [0.15, 0.2) is 0 Å². The molecule has 5 nitrogen and oxygen atoms in total. The zero-order valence-corrected chi connectivity index (χ0v) is 10.6. The van der Waals surface area contributed by atoms with Crippen LogP contribution < -0.4 is 5.32 Å². The summed E-state index contributed by atoms with van der Waals surface area (Å²) in [5.74, 6) is 1.57. The number of hydrogen-bond acceptors (Lipinski definition) is 4. The Kier molecular flexibility index (Phi) is 5.42. The number of nitrogens with zero attached hydrogens (tertiary/aromatic N) is 3. The van der Waals surface area contributed by atoms with Gasteiger partial charge in [-0.15, -0.1) is 0 Å². The molecule has 0 radical (unpaired) electrons. The van der Waals surface area contributed by atoms with Crippen molar-refractivity contribution >= 4 is 0 Å². The number of likely N-dealkylation sites (N-methyl/N-ethyl adjacent to an activating group) is 1. The number of hydrogen-bond donors (Lipinski definition) is 1. The van der Waals surface area contributed by atoms with E-state index in [4.69, 9.17) is 4.74 Å². The molecule has 0 amide bonds. The third kappa shape index (κ3) is 3.90. The predicted molar refractivity (Wildman–Crippen MR) is 63.2 cm³/mol. The van der Waals surface area contributed by atoms with Crippen molar-refractivity contribution in [1.82, 2.24) is 20.1 Å². The standard InChI is InChI=1S/C11H22N4O/c1-9(7-16-4)5-10(12-2)6-11-13-8-14-15(11)3/h8-10,12H,5-7H2,1-4H3. The Bertz CT molecular complexity index is 300. The molecule has 0 fully saturated rings. The summed E-state index contributed by atoms with van der Waals surface area (Å²) in [6.07, 6.45) is 3.58. The van der Waals surface area contributed by atoms with Gasteiger partial charge in [-0.25, -0.2) is 4.98 Å². The Morgan fingerprint density at radius 1 is 1.56 bits per heavy atom. The fourth-order valence-electron chi connectivity index (χ4n) is 1.87. The van der Waals surface area contributed by atoms with Crippen molar-refractivity contribution < 1.29 is 4.74 Å². The maximum Gasteiger partial charge on any atom is 0.138 e. The minimum Gasteiger partial charge on any atom is -0.384 e. The number of aromatic nitrogens is 3. The molecule has 0 aromatic carbocycles. The van der Waals surface area contributed by atoms with E-state index in [0.29, 0.717) is 12.0 Å². The van der Waals surface area contributed by atoms with Gasteiger partial charge in [-0.1, -0.05) is 6.92 Å². The first-order valence-corrected chi connectivity index (χ1v) is 5.66. The summed E-state index contributed by atoms with van der Waals surface area (Å²) in [4.78, 5) is 4.24. The summed E-state index contributed by atoms with van der Waals surface area (Å²) in [6, 6.07) is 0.424. The summed E-state index contributed by atoms with van der Waals surface area (Å²) in [5, 5.41) is 7.39. The molecule has 5 heteroatoms. The SMILES string of the molecule is CNC(Cc1ncnn1C)CC(C)COC. The van der Waals surface area contributed by atoms with Crippen molar-refractivity contribution in [2.24, 2.45) is 13.0 Å². The maximum atomic E-state index is 5.15. The van der Waals surface area contributed by atoms with Crippen LogP contribution in [0.15, 0.2) is 6.33 Å². The van der Waals surface area contributed by atoms with Gasteiger partial charge in [-0.2, -0.15) is 5.10 Å².